The number of amides is 1. The van der Waals surface area contributed by atoms with Gasteiger partial charge in [-0.1, -0.05) is 29.0 Å². The minimum atomic E-state index is -0.248. The summed E-state index contributed by atoms with van der Waals surface area (Å²) in [5, 5.41) is 1.25. The molecule has 0 aliphatic heterocycles. The number of benzene rings is 1. The molecule has 0 atom stereocenters. The molecule has 0 aliphatic carbocycles. The summed E-state index contributed by atoms with van der Waals surface area (Å²) in [6.45, 7) is 2.30. The van der Waals surface area contributed by atoms with Crippen molar-refractivity contribution in [2.75, 3.05) is 4.90 Å². The predicted octanol–water partition coefficient (Wildman–Crippen LogP) is 5.09. The van der Waals surface area contributed by atoms with Crippen LogP contribution in [0.15, 0.2) is 59.5 Å². The Morgan fingerprint density at radius 3 is 2.92 bits per heavy atom. The minimum absolute atomic E-state index is 0.248. The van der Waals surface area contributed by atoms with Crippen LogP contribution in [0.4, 0.5) is 5.13 Å². The zero-order valence-corrected chi connectivity index (χ0v) is 15.4. The second-order valence-corrected chi connectivity index (χ2v) is 7.24. The highest BCUT2D eigenvalue weighted by Gasteiger charge is 2.24. The first kappa shape index (κ1) is 16.8. The smallest absolute Gasteiger partial charge is 0.296 e. The fraction of sp³-hybridized carbons (Fsp3) is 0.105. The summed E-state index contributed by atoms with van der Waals surface area (Å²) in [5.41, 5.74) is 2.72. The molecule has 0 radical (unpaired) electrons. The molecule has 0 bridgehead atoms. The van der Waals surface area contributed by atoms with E-state index in [-0.39, 0.29) is 11.7 Å². The van der Waals surface area contributed by atoms with E-state index in [9.17, 15) is 4.79 Å². The fourth-order valence-electron chi connectivity index (χ4n) is 2.69. The molecule has 130 valence electrons. The molecular formula is C19H14ClN3O2S. The topological polar surface area (TPSA) is 59.2 Å². The van der Waals surface area contributed by atoms with E-state index in [1.165, 1.54) is 17.6 Å². The highest BCUT2D eigenvalue weighted by atomic mass is 35.5. The third kappa shape index (κ3) is 3.21. The molecule has 7 heteroatoms. The predicted molar refractivity (Wildman–Crippen MR) is 103 cm³/mol. The number of nitrogens with zero attached hydrogens (tertiary/aromatic N) is 3. The third-order valence-electron chi connectivity index (χ3n) is 3.91. The lowest BCUT2D eigenvalue weighted by Crippen LogP contribution is -2.30. The summed E-state index contributed by atoms with van der Waals surface area (Å²) in [7, 11) is 0. The Hall–Kier alpha value is -2.70. The van der Waals surface area contributed by atoms with Gasteiger partial charge in [0.15, 0.2) is 10.9 Å². The van der Waals surface area contributed by atoms with Crippen molar-refractivity contribution < 1.29 is 9.21 Å². The first-order valence-corrected chi connectivity index (χ1v) is 9.12. The van der Waals surface area contributed by atoms with Crippen molar-refractivity contribution in [1.82, 2.24) is 9.97 Å². The SMILES string of the molecule is Cc1cc(Cl)cc2sc(N(Cc3cccnc3)C(=O)c3ccco3)nc12. The summed E-state index contributed by atoms with van der Waals surface area (Å²) in [6, 6.07) is 10.8. The second-order valence-electron chi connectivity index (χ2n) is 5.80. The van der Waals surface area contributed by atoms with Crippen molar-refractivity contribution in [2.45, 2.75) is 13.5 Å². The molecule has 1 amide bonds. The molecule has 0 saturated heterocycles. The number of rotatable bonds is 4. The maximum Gasteiger partial charge on any atom is 0.296 e. The van der Waals surface area contributed by atoms with Gasteiger partial charge >= 0.3 is 0 Å². The van der Waals surface area contributed by atoms with Gasteiger partial charge in [-0.05, 0) is 48.4 Å². The zero-order chi connectivity index (χ0) is 18.1. The molecule has 4 rings (SSSR count). The fourth-order valence-corrected chi connectivity index (χ4v) is 4.11. The first-order chi connectivity index (χ1) is 12.6. The summed E-state index contributed by atoms with van der Waals surface area (Å²) >= 11 is 7.59. The number of fused-ring (bicyclic) bond motifs is 1. The number of furan rings is 1. The van der Waals surface area contributed by atoms with Crippen LogP contribution in [-0.4, -0.2) is 15.9 Å². The number of anilines is 1. The molecule has 0 N–H and O–H groups in total. The van der Waals surface area contributed by atoms with E-state index in [1.54, 1.807) is 29.4 Å². The highest BCUT2D eigenvalue weighted by Crippen LogP contribution is 2.34. The van der Waals surface area contributed by atoms with Gasteiger partial charge in [-0.2, -0.15) is 0 Å². The largest absolute Gasteiger partial charge is 0.459 e. The van der Waals surface area contributed by atoms with Gasteiger partial charge in [0.2, 0.25) is 0 Å². The maximum atomic E-state index is 13.0. The van der Waals surface area contributed by atoms with Crippen LogP contribution in [-0.2, 0) is 6.54 Å². The van der Waals surface area contributed by atoms with Crippen LogP contribution >= 0.6 is 22.9 Å². The Morgan fingerprint density at radius 2 is 2.19 bits per heavy atom. The summed E-state index contributed by atoms with van der Waals surface area (Å²) in [6.07, 6.45) is 4.92. The highest BCUT2D eigenvalue weighted by molar-refractivity contribution is 7.22. The molecule has 0 unspecified atom stereocenters. The number of hydrogen-bond donors (Lipinski definition) is 0. The van der Waals surface area contributed by atoms with Gasteiger partial charge in [0.25, 0.3) is 5.91 Å². The quantitative estimate of drug-likeness (QED) is 0.492. The van der Waals surface area contributed by atoms with E-state index >= 15 is 0 Å². The molecule has 0 fully saturated rings. The van der Waals surface area contributed by atoms with Gasteiger partial charge < -0.3 is 4.42 Å². The van der Waals surface area contributed by atoms with E-state index in [2.05, 4.69) is 9.97 Å². The molecule has 5 nitrogen and oxygen atoms in total. The van der Waals surface area contributed by atoms with Crippen LogP contribution in [0, 0.1) is 6.92 Å². The van der Waals surface area contributed by atoms with Crippen LogP contribution in [0.1, 0.15) is 21.7 Å². The number of carbonyl (C=O) groups is 1. The molecule has 0 aliphatic rings. The van der Waals surface area contributed by atoms with E-state index < -0.39 is 0 Å². The Bertz CT molecular complexity index is 1060. The van der Waals surface area contributed by atoms with E-state index in [0.29, 0.717) is 16.7 Å². The van der Waals surface area contributed by atoms with E-state index in [0.717, 1.165) is 21.3 Å². The van der Waals surface area contributed by atoms with E-state index in [1.807, 2.05) is 31.2 Å². The van der Waals surface area contributed by atoms with Gasteiger partial charge in [0, 0.05) is 17.4 Å². The normalized spacial score (nSPS) is 11.0. The molecule has 3 aromatic heterocycles. The number of halogens is 1. The van der Waals surface area contributed by atoms with Crippen LogP contribution in [0.3, 0.4) is 0 Å². The van der Waals surface area contributed by atoms with Crippen molar-refractivity contribution in [2.24, 2.45) is 0 Å². The Morgan fingerprint density at radius 1 is 1.31 bits per heavy atom. The van der Waals surface area contributed by atoms with Crippen molar-refractivity contribution in [3.8, 4) is 0 Å². The number of aromatic nitrogens is 2. The monoisotopic (exact) mass is 383 g/mol. The van der Waals surface area contributed by atoms with Crippen molar-refractivity contribution in [3.63, 3.8) is 0 Å². The molecule has 0 saturated carbocycles. The summed E-state index contributed by atoms with van der Waals surface area (Å²) in [5.74, 6) is 0.0181. The van der Waals surface area contributed by atoms with Crippen LogP contribution < -0.4 is 4.90 Å². The Labute approximate surface area is 158 Å². The summed E-state index contributed by atoms with van der Waals surface area (Å²) < 4.78 is 6.24. The Balaban J connectivity index is 1.79. The second kappa shape index (κ2) is 6.90. The number of hydrogen-bond acceptors (Lipinski definition) is 5. The maximum absolute atomic E-state index is 13.0. The minimum Gasteiger partial charge on any atom is -0.459 e. The number of thiazole rings is 1. The van der Waals surface area contributed by atoms with Gasteiger partial charge in [0.1, 0.15) is 0 Å². The molecule has 1 aromatic carbocycles. The third-order valence-corrected chi connectivity index (χ3v) is 5.15. The lowest BCUT2D eigenvalue weighted by molar-refractivity contribution is 0.0958. The van der Waals surface area contributed by atoms with Crippen molar-refractivity contribution in [1.29, 1.82) is 0 Å². The van der Waals surface area contributed by atoms with Gasteiger partial charge in [-0.3, -0.25) is 14.7 Å². The molecule has 3 heterocycles. The average Bonchev–Trinajstić information content (AvgIpc) is 3.29. The van der Waals surface area contributed by atoms with Crippen LogP contribution in [0.5, 0.6) is 0 Å². The molecule has 4 aromatic rings. The standard InChI is InChI=1S/C19H14ClN3O2S/c1-12-8-14(20)9-16-17(12)22-19(26-16)23(11-13-4-2-6-21-10-13)18(24)15-5-3-7-25-15/h2-10H,11H2,1H3. The molecular weight excluding hydrogens is 370 g/mol. The lowest BCUT2D eigenvalue weighted by atomic mass is 10.2. The Kier molecular flexibility index (Phi) is 4.44. The number of carbonyl (C=O) groups excluding carboxylic acids is 1. The number of aryl methyl sites for hydroxylation is 1. The van der Waals surface area contributed by atoms with Crippen LogP contribution in [0.25, 0.3) is 10.2 Å². The van der Waals surface area contributed by atoms with Gasteiger partial charge in [0.05, 0.1) is 23.0 Å². The first-order valence-electron chi connectivity index (χ1n) is 7.93. The average molecular weight is 384 g/mol. The van der Waals surface area contributed by atoms with Crippen LogP contribution in [0.2, 0.25) is 5.02 Å². The number of pyridine rings is 1. The van der Waals surface area contributed by atoms with Crippen molar-refractivity contribution >= 4 is 44.2 Å². The lowest BCUT2D eigenvalue weighted by Gasteiger charge is -2.18. The van der Waals surface area contributed by atoms with Crippen molar-refractivity contribution in [3.05, 3.63) is 77.0 Å². The molecule has 26 heavy (non-hydrogen) atoms. The summed E-state index contributed by atoms with van der Waals surface area (Å²) in [4.78, 5) is 23.4. The van der Waals surface area contributed by atoms with Gasteiger partial charge in [-0.25, -0.2) is 4.98 Å². The molecule has 0 spiro atoms. The van der Waals surface area contributed by atoms with E-state index in [4.69, 9.17) is 16.0 Å². The van der Waals surface area contributed by atoms with Gasteiger partial charge in [-0.15, -0.1) is 0 Å². The zero-order valence-electron chi connectivity index (χ0n) is 13.8.